The van der Waals surface area contributed by atoms with Crippen LogP contribution in [-0.2, 0) is 11.3 Å². The number of hydrogen-bond donors (Lipinski definition) is 0. The molecule has 7 heteroatoms. The van der Waals surface area contributed by atoms with Crippen molar-refractivity contribution in [3.8, 4) is 11.5 Å². The van der Waals surface area contributed by atoms with Gasteiger partial charge in [0.25, 0.3) is 5.91 Å². The summed E-state index contributed by atoms with van der Waals surface area (Å²) in [7, 11) is 7.17. The molecule has 6 nitrogen and oxygen atoms in total. The lowest BCUT2D eigenvalue weighted by Gasteiger charge is -2.26. The van der Waals surface area contributed by atoms with E-state index < -0.39 is 0 Å². The summed E-state index contributed by atoms with van der Waals surface area (Å²) in [5, 5.41) is 0. The van der Waals surface area contributed by atoms with Gasteiger partial charge in [-0.2, -0.15) is 0 Å². The molecule has 0 bridgehead atoms. The zero-order valence-corrected chi connectivity index (χ0v) is 19.6. The molecule has 30 heavy (non-hydrogen) atoms. The van der Waals surface area contributed by atoms with Crippen molar-refractivity contribution in [2.24, 2.45) is 0 Å². The Hall–Kier alpha value is -2.25. The van der Waals surface area contributed by atoms with Gasteiger partial charge in [0.15, 0.2) is 0 Å². The van der Waals surface area contributed by atoms with Crippen molar-refractivity contribution in [1.29, 1.82) is 0 Å². The summed E-state index contributed by atoms with van der Waals surface area (Å²) < 4.78 is 17.3. The summed E-state index contributed by atoms with van der Waals surface area (Å²) in [4.78, 5) is 17.4. The van der Waals surface area contributed by atoms with Crippen LogP contribution in [0.3, 0.4) is 0 Å². The van der Waals surface area contributed by atoms with Crippen molar-refractivity contribution in [2.45, 2.75) is 25.5 Å². The fourth-order valence-corrected chi connectivity index (χ4v) is 4.10. The molecule has 2 aromatic carbocycles. The highest BCUT2D eigenvalue weighted by atomic mass is 79.9. The molecule has 1 atom stereocenters. The highest BCUT2D eigenvalue weighted by molar-refractivity contribution is 9.10. The van der Waals surface area contributed by atoms with Crippen LogP contribution in [0.25, 0.3) is 0 Å². The molecular formula is C23H29BrN2O4. The largest absolute Gasteiger partial charge is 0.495 e. The summed E-state index contributed by atoms with van der Waals surface area (Å²) in [6.45, 7) is 1.81. The van der Waals surface area contributed by atoms with Gasteiger partial charge in [0, 0.05) is 45.0 Å². The first-order chi connectivity index (χ1) is 14.4. The fourth-order valence-electron chi connectivity index (χ4n) is 3.55. The predicted molar refractivity (Wildman–Crippen MR) is 122 cm³/mol. The van der Waals surface area contributed by atoms with E-state index >= 15 is 0 Å². The first-order valence-electron chi connectivity index (χ1n) is 10.0. The Labute approximate surface area is 186 Å². The smallest absolute Gasteiger partial charge is 0.254 e. The molecule has 1 unspecified atom stereocenters. The number of amides is 1. The summed E-state index contributed by atoms with van der Waals surface area (Å²) >= 11 is 3.47. The molecule has 1 amide bonds. The molecule has 3 rings (SSSR count). The molecule has 1 heterocycles. The zero-order chi connectivity index (χ0) is 21.7. The van der Waals surface area contributed by atoms with Gasteiger partial charge in [-0.25, -0.2) is 0 Å². The van der Waals surface area contributed by atoms with Crippen LogP contribution in [0.15, 0.2) is 40.9 Å². The van der Waals surface area contributed by atoms with Crippen molar-refractivity contribution in [1.82, 2.24) is 4.90 Å². The highest BCUT2D eigenvalue weighted by Gasteiger charge is 2.25. The average molecular weight is 477 g/mol. The summed E-state index contributed by atoms with van der Waals surface area (Å²) in [5.74, 6) is 1.04. The van der Waals surface area contributed by atoms with Gasteiger partial charge in [0.1, 0.15) is 16.0 Å². The van der Waals surface area contributed by atoms with Crippen LogP contribution in [0.1, 0.15) is 28.8 Å². The third-order valence-corrected chi connectivity index (χ3v) is 6.04. The van der Waals surface area contributed by atoms with Crippen molar-refractivity contribution in [3.05, 3.63) is 52.0 Å². The van der Waals surface area contributed by atoms with Gasteiger partial charge in [-0.3, -0.25) is 4.79 Å². The Morgan fingerprint density at radius 2 is 1.77 bits per heavy atom. The molecule has 0 N–H and O–H groups in total. The molecule has 2 aromatic rings. The lowest BCUT2D eigenvalue weighted by Crippen LogP contribution is -2.37. The molecule has 162 valence electrons. The Kier molecular flexibility index (Phi) is 7.61. The number of anilines is 1. The van der Waals surface area contributed by atoms with Crippen LogP contribution in [0.4, 0.5) is 5.69 Å². The van der Waals surface area contributed by atoms with Gasteiger partial charge in [0.05, 0.1) is 20.3 Å². The molecule has 1 fully saturated rings. The number of halogens is 1. The third-order valence-electron chi connectivity index (χ3n) is 5.25. The zero-order valence-electron chi connectivity index (χ0n) is 18.0. The maximum absolute atomic E-state index is 13.5. The average Bonchev–Trinajstić information content (AvgIpc) is 3.26. The standard InChI is InChI=1S/C23H29BrN2O4/c1-25(2)18-9-7-16(8-10-18)14-26(15-19-6-5-11-30-19)23(27)17-12-20(28-3)22(24)21(13-17)29-4/h7-10,12-13,19H,5-6,11,14-15H2,1-4H3. The number of methoxy groups -OCH3 is 2. The van der Waals surface area contributed by atoms with Crippen LogP contribution in [-0.4, -0.2) is 58.4 Å². The Balaban J connectivity index is 1.88. The third kappa shape index (κ3) is 5.26. The minimum atomic E-state index is -0.0775. The lowest BCUT2D eigenvalue weighted by molar-refractivity contribution is 0.0507. The van der Waals surface area contributed by atoms with Crippen LogP contribution >= 0.6 is 15.9 Å². The predicted octanol–water partition coefficient (Wildman–Crippen LogP) is 4.35. The van der Waals surface area contributed by atoms with Crippen LogP contribution in [0.2, 0.25) is 0 Å². The SMILES string of the molecule is COc1cc(C(=O)N(Cc2ccc(N(C)C)cc2)CC2CCCO2)cc(OC)c1Br. The topological polar surface area (TPSA) is 51.2 Å². The van der Waals surface area contributed by atoms with Crippen LogP contribution in [0, 0.1) is 0 Å². The molecule has 0 saturated carbocycles. The van der Waals surface area contributed by atoms with Gasteiger partial charge in [0.2, 0.25) is 0 Å². The van der Waals surface area contributed by atoms with Crippen molar-refractivity contribution < 1.29 is 19.0 Å². The second-order valence-corrected chi connectivity index (χ2v) is 8.37. The Morgan fingerprint density at radius 3 is 2.27 bits per heavy atom. The second-order valence-electron chi connectivity index (χ2n) is 7.58. The number of carbonyl (C=O) groups excluding carboxylic acids is 1. The van der Waals surface area contributed by atoms with E-state index in [1.165, 1.54) is 0 Å². The quantitative estimate of drug-likeness (QED) is 0.566. The summed E-state index contributed by atoms with van der Waals surface area (Å²) in [6, 6.07) is 11.7. The number of nitrogens with zero attached hydrogens (tertiary/aromatic N) is 2. The molecule has 0 aliphatic carbocycles. The van der Waals surface area contributed by atoms with Crippen LogP contribution < -0.4 is 14.4 Å². The number of hydrogen-bond acceptors (Lipinski definition) is 5. The first-order valence-corrected chi connectivity index (χ1v) is 10.8. The van der Waals surface area contributed by atoms with E-state index in [2.05, 4.69) is 45.1 Å². The van der Waals surface area contributed by atoms with Gasteiger partial charge < -0.3 is 24.0 Å². The number of ether oxygens (including phenoxy) is 3. The minimum absolute atomic E-state index is 0.0641. The lowest BCUT2D eigenvalue weighted by atomic mass is 10.1. The second kappa shape index (κ2) is 10.2. The van der Waals surface area contributed by atoms with E-state index in [0.29, 0.717) is 34.6 Å². The molecule has 1 aliphatic heterocycles. The molecule has 0 radical (unpaired) electrons. The van der Waals surface area contributed by atoms with Crippen molar-refractivity contribution in [3.63, 3.8) is 0 Å². The summed E-state index contributed by atoms with van der Waals surface area (Å²) in [6.07, 6.45) is 2.06. The van der Waals surface area contributed by atoms with E-state index in [9.17, 15) is 4.79 Å². The maximum atomic E-state index is 13.5. The van der Waals surface area contributed by atoms with Crippen LogP contribution in [0.5, 0.6) is 11.5 Å². The van der Waals surface area contributed by atoms with Gasteiger partial charge >= 0.3 is 0 Å². The van der Waals surface area contributed by atoms with Gasteiger partial charge in [-0.05, 0) is 58.6 Å². The normalized spacial score (nSPS) is 15.7. The molecule has 0 aromatic heterocycles. The molecule has 0 spiro atoms. The first kappa shape index (κ1) is 22.4. The number of benzene rings is 2. The Morgan fingerprint density at radius 1 is 1.13 bits per heavy atom. The van der Waals surface area contributed by atoms with Crippen molar-refractivity contribution >= 4 is 27.5 Å². The van der Waals surface area contributed by atoms with Gasteiger partial charge in [-0.1, -0.05) is 12.1 Å². The van der Waals surface area contributed by atoms with Crippen molar-refractivity contribution in [2.75, 3.05) is 46.4 Å². The van der Waals surface area contributed by atoms with E-state index in [-0.39, 0.29) is 12.0 Å². The molecule has 1 saturated heterocycles. The number of carbonyl (C=O) groups is 1. The number of rotatable bonds is 8. The monoisotopic (exact) mass is 476 g/mol. The van der Waals surface area contributed by atoms with E-state index in [1.807, 2.05) is 19.0 Å². The van der Waals surface area contributed by atoms with E-state index in [0.717, 1.165) is 30.7 Å². The van der Waals surface area contributed by atoms with E-state index in [1.54, 1.807) is 26.4 Å². The molecule has 1 aliphatic rings. The fraction of sp³-hybridized carbons (Fsp3) is 0.435. The Bertz CT molecular complexity index is 839. The highest BCUT2D eigenvalue weighted by Crippen LogP contribution is 2.36. The summed E-state index contributed by atoms with van der Waals surface area (Å²) in [5.41, 5.74) is 2.72. The van der Waals surface area contributed by atoms with E-state index in [4.69, 9.17) is 14.2 Å². The van der Waals surface area contributed by atoms with Gasteiger partial charge in [-0.15, -0.1) is 0 Å². The maximum Gasteiger partial charge on any atom is 0.254 e. The minimum Gasteiger partial charge on any atom is -0.495 e. The molecular weight excluding hydrogens is 448 g/mol.